The molecular weight excluding hydrogens is 298 g/mol. The molecule has 0 saturated carbocycles. The van der Waals surface area contributed by atoms with Gasteiger partial charge in [0.15, 0.2) is 0 Å². The van der Waals surface area contributed by atoms with E-state index in [0.29, 0.717) is 6.04 Å². The molecule has 0 amide bonds. The fourth-order valence-corrected chi connectivity index (χ4v) is 4.70. The third-order valence-electron chi connectivity index (χ3n) is 6.00. The second-order valence-electron chi connectivity index (χ2n) is 7.16. The molecule has 2 aromatic rings. The van der Waals surface area contributed by atoms with Crippen molar-refractivity contribution in [2.45, 2.75) is 37.3 Å². The van der Waals surface area contributed by atoms with Crippen molar-refractivity contribution < 1.29 is 9.90 Å². The number of carboxylic acid groups (broad SMARTS) is 1. The number of benzene rings is 2. The molecule has 0 spiro atoms. The molecule has 2 fully saturated rings. The van der Waals surface area contributed by atoms with Crippen molar-refractivity contribution in [1.29, 1.82) is 0 Å². The van der Waals surface area contributed by atoms with Crippen LogP contribution in [0.3, 0.4) is 0 Å². The van der Waals surface area contributed by atoms with Crippen LogP contribution < -0.4 is 0 Å². The van der Waals surface area contributed by atoms with E-state index in [4.69, 9.17) is 0 Å². The van der Waals surface area contributed by atoms with Crippen LogP contribution in [0.4, 0.5) is 0 Å². The molecule has 3 nitrogen and oxygen atoms in total. The van der Waals surface area contributed by atoms with Crippen LogP contribution in [0.15, 0.2) is 54.6 Å². The molecule has 0 aromatic heterocycles. The number of piperidine rings is 1. The summed E-state index contributed by atoms with van der Waals surface area (Å²) >= 11 is 0. The number of aliphatic carboxylic acids is 1. The van der Waals surface area contributed by atoms with Gasteiger partial charge in [0, 0.05) is 18.0 Å². The van der Waals surface area contributed by atoms with Gasteiger partial charge in [0.1, 0.15) is 0 Å². The van der Waals surface area contributed by atoms with Crippen LogP contribution in [-0.4, -0.2) is 35.1 Å². The van der Waals surface area contributed by atoms with Crippen LogP contribution >= 0.6 is 0 Å². The first-order chi connectivity index (χ1) is 11.6. The zero-order valence-electron chi connectivity index (χ0n) is 13.9. The fraction of sp³-hybridized carbons (Fsp3) is 0.381. The highest BCUT2D eigenvalue weighted by Gasteiger charge is 2.49. The van der Waals surface area contributed by atoms with E-state index in [0.717, 1.165) is 19.3 Å². The molecule has 3 heteroatoms. The lowest BCUT2D eigenvalue weighted by Gasteiger charge is -2.41. The maximum absolute atomic E-state index is 11.9. The molecule has 0 radical (unpaired) electrons. The Hall–Kier alpha value is -2.13. The van der Waals surface area contributed by atoms with Crippen molar-refractivity contribution >= 4 is 5.97 Å². The van der Waals surface area contributed by atoms with Crippen LogP contribution in [0.5, 0.6) is 0 Å². The summed E-state index contributed by atoms with van der Waals surface area (Å²) in [5.41, 5.74) is 3.55. The molecule has 2 aliphatic rings. The van der Waals surface area contributed by atoms with Gasteiger partial charge in [-0.1, -0.05) is 54.6 Å². The molecule has 2 heterocycles. The Balaban J connectivity index is 1.64. The van der Waals surface area contributed by atoms with E-state index in [2.05, 4.69) is 48.3 Å². The Bertz CT molecular complexity index is 725. The number of carbonyl (C=O) groups is 1. The second kappa shape index (κ2) is 6.06. The molecule has 2 aromatic carbocycles. The first-order valence-electron chi connectivity index (χ1n) is 8.75. The normalized spacial score (nSPS) is 29.5. The number of rotatable bonds is 3. The van der Waals surface area contributed by atoms with Crippen molar-refractivity contribution in [1.82, 2.24) is 4.90 Å². The molecule has 124 valence electrons. The van der Waals surface area contributed by atoms with Crippen molar-refractivity contribution in [2.24, 2.45) is 5.92 Å². The lowest BCUT2D eigenvalue weighted by atomic mass is 9.76. The summed E-state index contributed by atoms with van der Waals surface area (Å²) in [5.74, 6) is -0.818. The Morgan fingerprint density at radius 3 is 2.33 bits per heavy atom. The lowest BCUT2D eigenvalue weighted by Crippen LogP contribution is -2.48. The topological polar surface area (TPSA) is 40.5 Å². The van der Waals surface area contributed by atoms with Gasteiger partial charge in [-0.25, -0.2) is 0 Å². The Kier molecular flexibility index (Phi) is 3.89. The van der Waals surface area contributed by atoms with Crippen molar-refractivity contribution in [3.05, 3.63) is 60.2 Å². The maximum atomic E-state index is 11.9. The Morgan fingerprint density at radius 2 is 1.67 bits per heavy atom. The van der Waals surface area contributed by atoms with Gasteiger partial charge in [0.05, 0.1) is 5.92 Å². The summed E-state index contributed by atoms with van der Waals surface area (Å²) in [5, 5.41) is 9.81. The van der Waals surface area contributed by atoms with E-state index in [9.17, 15) is 9.90 Å². The minimum absolute atomic E-state index is 0.126. The van der Waals surface area contributed by atoms with Crippen molar-refractivity contribution in [3.8, 4) is 11.1 Å². The molecule has 4 atom stereocenters. The van der Waals surface area contributed by atoms with Crippen LogP contribution in [0.1, 0.15) is 30.7 Å². The van der Waals surface area contributed by atoms with Gasteiger partial charge in [-0.05, 0) is 43.0 Å². The number of hydrogen-bond donors (Lipinski definition) is 1. The van der Waals surface area contributed by atoms with Gasteiger partial charge in [-0.2, -0.15) is 0 Å². The third-order valence-corrected chi connectivity index (χ3v) is 6.00. The number of carboxylic acids is 1. The highest BCUT2D eigenvalue weighted by molar-refractivity contribution is 5.73. The van der Waals surface area contributed by atoms with E-state index in [1.165, 1.54) is 16.7 Å². The zero-order valence-corrected chi connectivity index (χ0v) is 13.9. The molecule has 4 rings (SSSR count). The summed E-state index contributed by atoms with van der Waals surface area (Å²) in [7, 11) is 2.09. The standard InChI is InChI=1S/C21H23NO2/c1-22-17-11-12-19(22)20(21(23)24)18(13-17)16-9-7-15(8-10-16)14-5-3-2-4-6-14/h2-10,17-20H,11-13H2,1H3,(H,23,24)/t17-,18+,19+,20+/m0/s1. The van der Waals surface area contributed by atoms with Gasteiger partial charge >= 0.3 is 5.97 Å². The average molecular weight is 321 g/mol. The maximum Gasteiger partial charge on any atom is 0.308 e. The van der Waals surface area contributed by atoms with E-state index in [-0.39, 0.29) is 17.9 Å². The van der Waals surface area contributed by atoms with Crippen LogP contribution in [-0.2, 0) is 4.79 Å². The molecule has 2 saturated heterocycles. The molecule has 2 aliphatic heterocycles. The zero-order chi connectivity index (χ0) is 16.7. The lowest BCUT2D eigenvalue weighted by molar-refractivity contribution is -0.146. The average Bonchev–Trinajstić information content (AvgIpc) is 2.84. The predicted octanol–water partition coefficient (Wildman–Crippen LogP) is 4.00. The highest BCUT2D eigenvalue weighted by atomic mass is 16.4. The van der Waals surface area contributed by atoms with Crippen LogP contribution in [0, 0.1) is 5.92 Å². The third kappa shape index (κ3) is 2.53. The summed E-state index contributed by atoms with van der Waals surface area (Å²) < 4.78 is 0. The van der Waals surface area contributed by atoms with Crippen molar-refractivity contribution in [2.75, 3.05) is 7.05 Å². The highest BCUT2D eigenvalue weighted by Crippen LogP contribution is 2.46. The Morgan fingerprint density at radius 1 is 1.00 bits per heavy atom. The summed E-state index contributed by atoms with van der Waals surface area (Å²) in [6.07, 6.45) is 3.09. The van der Waals surface area contributed by atoms with Gasteiger partial charge in [-0.3, -0.25) is 9.69 Å². The van der Waals surface area contributed by atoms with E-state index in [1.54, 1.807) is 0 Å². The second-order valence-corrected chi connectivity index (χ2v) is 7.16. The van der Waals surface area contributed by atoms with Crippen molar-refractivity contribution in [3.63, 3.8) is 0 Å². The predicted molar refractivity (Wildman–Crippen MR) is 94.9 cm³/mol. The summed E-state index contributed by atoms with van der Waals surface area (Å²) in [6, 6.07) is 19.5. The monoisotopic (exact) mass is 321 g/mol. The van der Waals surface area contributed by atoms with Crippen LogP contribution in [0.25, 0.3) is 11.1 Å². The number of hydrogen-bond acceptors (Lipinski definition) is 2. The smallest absolute Gasteiger partial charge is 0.308 e. The summed E-state index contributed by atoms with van der Waals surface area (Å²) in [4.78, 5) is 14.2. The summed E-state index contributed by atoms with van der Waals surface area (Å²) in [6.45, 7) is 0. The molecule has 0 aliphatic carbocycles. The quantitative estimate of drug-likeness (QED) is 0.929. The van der Waals surface area contributed by atoms with Gasteiger partial charge < -0.3 is 5.11 Å². The van der Waals surface area contributed by atoms with Gasteiger partial charge in [-0.15, -0.1) is 0 Å². The SMILES string of the molecule is CN1[C@H]2CC[C@@H]1[C@H](C(=O)O)[C@@H](c1ccc(-c3ccccc3)cc1)C2. The molecule has 2 bridgehead atoms. The number of nitrogens with zero attached hydrogens (tertiary/aromatic N) is 1. The Labute approximate surface area is 142 Å². The van der Waals surface area contributed by atoms with E-state index in [1.807, 2.05) is 18.2 Å². The van der Waals surface area contributed by atoms with Gasteiger partial charge in [0.25, 0.3) is 0 Å². The van der Waals surface area contributed by atoms with E-state index >= 15 is 0 Å². The first-order valence-corrected chi connectivity index (χ1v) is 8.75. The number of fused-ring (bicyclic) bond motifs is 2. The minimum atomic E-state index is -0.649. The van der Waals surface area contributed by atoms with E-state index < -0.39 is 5.97 Å². The molecular formula is C21H23NO2. The first kappa shape index (κ1) is 15.4. The largest absolute Gasteiger partial charge is 0.481 e. The molecule has 0 unspecified atom stereocenters. The minimum Gasteiger partial charge on any atom is -0.481 e. The molecule has 1 N–H and O–H groups in total. The fourth-order valence-electron chi connectivity index (χ4n) is 4.70. The molecule has 24 heavy (non-hydrogen) atoms. The van der Waals surface area contributed by atoms with Crippen LogP contribution in [0.2, 0.25) is 0 Å². The van der Waals surface area contributed by atoms with Gasteiger partial charge in [0.2, 0.25) is 0 Å².